The summed E-state index contributed by atoms with van der Waals surface area (Å²) in [6.45, 7) is 20.5. The first-order valence-electron chi connectivity index (χ1n) is 12.0. The van der Waals surface area contributed by atoms with Crippen LogP contribution in [0.2, 0.25) is 39.3 Å². The van der Waals surface area contributed by atoms with Crippen molar-refractivity contribution in [3.8, 4) is 0 Å². The van der Waals surface area contributed by atoms with Crippen molar-refractivity contribution >= 4 is 30.0 Å². The molecule has 2 aromatic carbocycles. The molecule has 0 N–H and O–H groups in total. The first kappa shape index (κ1) is 26.1. The molecular weight excluding hydrogens is 454 g/mol. The van der Waals surface area contributed by atoms with Crippen molar-refractivity contribution in [2.75, 3.05) is 0 Å². The highest BCUT2D eigenvalue weighted by molar-refractivity contribution is 7.61. The van der Waals surface area contributed by atoms with Crippen LogP contribution in [0.25, 0.3) is 5.57 Å². The fraction of sp³-hybridized carbons (Fsp3) is 0.379. The summed E-state index contributed by atoms with van der Waals surface area (Å²) in [4.78, 5) is 0.243. The average Bonchev–Trinajstić information content (AvgIpc) is 2.69. The maximum absolute atomic E-state index is 16.9. The Hall–Kier alpha value is -1.55. The monoisotopic (exact) mass is 494 g/mol. The maximum Gasteiger partial charge on any atom is 0.0905 e. The van der Waals surface area contributed by atoms with E-state index >= 15 is 4.20 Å². The third-order valence-electron chi connectivity index (χ3n) is 6.39. The molecule has 0 spiro atoms. The third kappa shape index (κ3) is 6.12. The van der Waals surface area contributed by atoms with Gasteiger partial charge in [-0.1, -0.05) is 123 Å². The van der Waals surface area contributed by atoms with Crippen LogP contribution in [0, 0.1) is 13.8 Å². The van der Waals surface area contributed by atoms with Crippen LogP contribution in [-0.4, -0.2) is 26.7 Å². The molecular formula is C29H40FPSi2. The zero-order valence-electron chi connectivity index (χ0n) is 21.8. The molecule has 0 fully saturated rings. The molecule has 0 aromatic heterocycles. The molecule has 176 valence electrons. The summed E-state index contributed by atoms with van der Waals surface area (Å²) in [5, 5.41) is 0. The van der Waals surface area contributed by atoms with Crippen molar-refractivity contribution in [1.82, 2.24) is 0 Å². The SMILES string of the molecule is CC1=CC(P(F)C([Si](C)(C)C)[Si](C)(C)C)C(=C(c2ccc(C)cc2)c2ccc(C)cc2)C=C1. The van der Waals surface area contributed by atoms with Gasteiger partial charge >= 0.3 is 0 Å². The summed E-state index contributed by atoms with van der Waals surface area (Å²) < 4.78 is 16.9. The lowest BCUT2D eigenvalue weighted by Crippen LogP contribution is -2.53. The highest BCUT2D eigenvalue weighted by atomic mass is 31.2. The summed E-state index contributed by atoms with van der Waals surface area (Å²) >= 11 is 0. The summed E-state index contributed by atoms with van der Waals surface area (Å²) in [7, 11) is -5.07. The summed E-state index contributed by atoms with van der Waals surface area (Å²) in [5.74, 6) is 0. The van der Waals surface area contributed by atoms with Gasteiger partial charge in [0.1, 0.15) is 0 Å². The first-order chi connectivity index (χ1) is 15.3. The topological polar surface area (TPSA) is 0 Å². The summed E-state index contributed by atoms with van der Waals surface area (Å²) in [6, 6.07) is 17.4. The molecule has 0 saturated heterocycles. The number of hydrogen-bond acceptors (Lipinski definition) is 0. The quantitative estimate of drug-likeness (QED) is 0.277. The number of halogens is 1. The van der Waals surface area contributed by atoms with Crippen LogP contribution in [0.1, 0.15) is 29.2 Å². The van der Waals surface area contributed by atoms with Gasteiger partial charge in [0.2, 0.25) is 0 Å². The van der Waals surface area contributed by atoms with Crippen LogP contribution in [0.4, 0.5) is 4.20 Å². The molecule has 0 aliphatic heterocycles. The van der Waals surface area contributed by atoms with Crippen molar-refractivity contribution < 1.29 is 4.20 Å². The van der Waals surface area contributed by atoms with Gasteiger partial charge in [0.15, 0.2) is 0 Å². The van der Waals surface area contributed by atoms with E-state index in [1.807, 2.05) is 0 Å². The van der Waals surface area contributed by atoms with E-state index in [2.05, 4.69) is 127 Å². The molecule has 1 aliphatic carbocycles. The lowest BCUT2D eigenvalue weighted by atomic mass is 9.88. The van der Waals surface area contributed by atoms with Gasteiger partial charge in [-0.25, -0.2) is 4.20 Å². The smallest absolute Gasteiger partial charge is 0.0905 e. The van der Waals surface area contributed by atoms with Crippen LogP contribution in [0.3, 0.4) is 0 Å². The van der Waals surface area contributed by atoms with E-state index in [1.54, 1.807) is 0 Å². The van der Waals surface area contributed by atoms with Gasteiger partial charge < -0.3 is 0 Å². The third-order valence-corrected chi connectivity index (χ3v) is 22.4. The Labute approximate surface area is 204 Å². The van der Waals surface area contributed by atoms with Gasteiger partial charge in [-0.3, -0.25) is 0 Å². The Kier molecular flexibility index (Phi) is 7.88. The number of rotatable bonds is 6. The van der Waals surface area contributed by atoms with Crippen molar-refractivity contribution in [1.29, 1.82) is 0 Å². The van der Waals surface area contributed by atoms with Crippen LogP contribution in [0.5, 0.6) is 0 Å². The molecule has 0 radical (unpaired) electrons. The van der Waals surface area contributed by atoms with Gasteiger partial charge in [-0.05, 0) is 47.9 Å². The van der Waals surface area contributed by atoms with Gasteiger partial charge in [0, 0.05) is 0 Å². The van der Waals surface area contributed by atoms with Gasteiger partial charge in [-0.2, -0.15) is 0 Å². The predicted molar refractivity (Wildman–Crippen MR) is 154 cm³/mol. The van der Waals surface area contributed by atoms with Crippen molar-refractivity contribution in [2.45, 2.75) is 70.6 Å². The molecule has 2 atom stereocenters. The zero-order chi connectivity index (χ0) is 24.6. The fourth-order valence-electron chi connectivity index (χ4n) is 5.29. The highest BCUT2D eigenvalue weighted by Gasteiger charge is 2.47. The molecule has 1 aliphatic rings. The summed E-state index contributed by atoms with van der Waals surface area (Å²) in [5.41, 5.74) is 8.15. The molecule has 2 aromatic rings. The van der Waals surface area contributed by atoms with Crippen molar-refractivity contribution in [2.24, 2.45) is 0 Å². The fourth-order valence-corrected chi connectivity index (χ4v) is 23.7. The van der Waals surface area contributed by atoms with E-state index in [-0.39, 0.29) is 10.6 Å². The Morgan fingerprint density at radius 1 is 0.727 bits per heavy atom. The van der Waals surface area contributed by atoms with Crippen LogP contribution in [-0.2, 0) is 0 Å². The Morgan fingerprint density at radius 2 is 1.15 bits per heavy atom. The van der Waals surface area contributed by atoms with E-state index in [9.17, 15) is 0 Å². The average molecular weight is 495 g/mol. The maximum atomic E-state index is 16.9. The molecule has 2 unspecified atom stereocenters. The van der Waals surface area contributed by atoms with Crippen LogP contribution < -0.4 is 0 Å². The second-order valence-corrected chi connectivity index (χ2v) is 25.7. The van der Waals surface area contributed by atoms with Crippen molar-refractivity contribution in [3.63, 3.8) is 0 Å². The highest BCUT2D eigenvalue weighted by Crippen LogP contribution is 2.59. The molecule has 0 nitrogen and oxygen atoms in total. The van der Waals surface area contributed by atoms with Gasteiger partial charge in [0.05, 0.1) is 30.0 Å². The zero-order valence-corrected chi connectivity index (χ0v) is 24.7. The lowest BCUT2D eigenvalue weighted by molar-refractivity contribution is 0.869. The largest absolute Gasteiger partial charge is 0.226 e. The molecule has 4 heteroatoms. The van der Waals surface area contributed by atoms with Crippen molar-refractivity contribution in [3.05, 3.63) is 100 Å². The number of aryl methyl sites for hydroxylation is 2. The minimum absolute atomic E-state index is 0.161. The second-order valence-electron chi connectivity index (χ2n) is 11.7. The van der Waals surface area contributed by atoms with E-state index in [0.717, 1.165) is 5.57 Å². The number of benzene rings is 2. The molecule has 0 saturated carbocycles. The van der Waals surface area contributed by atoms with E-state index in [0.29, 0.717) is 0 Å². The minimum Gasteiger partial charge on any atom is -0.226 e. The minimum atomic E-state index is -1.69. The Balaban J connectivity index is 2.27. The predicted octanol–water partition coefficient (Wildman–Crippen LogP) is 9.48. The van der Waals surface area contributed by atoms with Gasteiger partial charge in [0.25, 0.3) is 0 Å². The van der Waals surface area contributed by atoms with Gasteiger partial charge in [-0.15, -0.1) is 0 Å². The molecule has 3 rings (SSSR count). The molecule has 0 heterocycles. The normalized spacial score (nSPS) is 17.8. The molecule has 0 amide bonds. The molecule has 33 heavy (non-hydrogen) atoms. The summed E-state index contributed by atoms with van der Waals surface area (Å²) in [6.07, 6.45) is 6.58. The lowest BCUT2D eigenvalue weighted by Gasteiger charge is -2.43. The van der Waals surface area contributed by atoms with E-state index < -0.39 is 24.4 Å². The Morgan fingerprint density at radius 3 is 1.55 bits per heavy atom. The van der Waals surface area contributed by atoms with Crippen LogP contribution >= 0.6 is 8.23 Å². The van der Waals surface area contributed by atoms with E-state index in [4.69, 9.17) is 0 Å². The number of allylic oxidation sites excluding steroid dienone is 5. The second kappa shape index (κ2) is 9.98. The first-order valence-corrected chi connectivity index (χ1v) is 20.5. The molecule has 0 bridgehead atoms. The van der Waals surface area contributed by atoms with Crippen LogP contribution in [0.15, 0.2) is 77.9 Å². The Bertz CT molecular complexity index is 1000. The standard InChI is InChI=1S/C29H40FPSi2/c1-21-10-15-24(16-11-21)28(25-17-12-22(2)13-18-25)26-19-14-23(3)20-27(26)31(30)29(32(4,5)6)33(7,8)9/h10-20,27,29H,1-9H3. The van der Waals surface area contributed by atoms with E-state index in [1.165, 1.54) is 33.4 Å². The number of hydrogen-bond donors (Lipinski definition) is 0.